The summed E-state index contributed by atoms with van der Waals surface area (Å²) in [5.41, 5.74) is 1.54. The Morgan fingerprint density at radius 2 is 1.76 bits per heavy atom. The van der Waals surface area contributed by atoms with Crippen molar-refractivity contribution in [2.45, 2.75) is 6.04 Å². The van der Waals surface area contributed by atoms with Gasteiger partial charge in [0.05, 0.1) is 28.9 Å². The first kappa shape index (κ1) is 20.7. The molecule has 0 aliphatic carbocycles. The van der Waals surface area contributed by atoms with Gasteiger partial charge in [-0.3, -0.25) is 14.5 Å². The minimum absolute atomic E-state index is 0.0572. The zero-order valence-electron chi connectivity index (χ0n) is 17.4. The minimum Gasteiger partial charge on any atom is -0.507 e. The summed E-state index contributed by atoms with van der Waals surface area (Å²) in [5, 5.41) is 21.5. The van der Waals surface area contributed by atoms with Crippen molar-refractivity contribution in [1.82, 2.24) is 4.98 Å². The molecule has 1 amide bonds. The molecule has 1 fully saturated rings. The van der Waals surface area contributed by atoms with Gasteiger partial charge in [0.1, 0.15) is 5.76 Å². The van der Waals surface area contributed by atoms with Crippen molar-refractivity contribution in [3.63, 3.8) is 0 Å². The van der Waals surface area contributed by atoms with E-state index in [9.17, 15) is 19.8 Å². The largest absolute Gasteiger partial charge is 0.507 e. The Labute approximate surface area is 192 Å². The van der Waals surface area contributed by atoms with E-state index in [1.54, 1.807) is 42.5 Å². The molecule has 1 aliphatic heterocycles. The van der Waals surface area contributed by atoms with Gasteiger partial charge in [-0.2, -0.15) is 0 Å². The van der Waals surface area contributed by atoms with Crippen LogP contribution < -0.4 is 9.64 Å². The highest BCUT2D eigenvalue weighted by Crippen LogP contribution is 2.45. The summed E-state index contributed by atoms with van der Waals surface area (Å²) < 4.78 is 6.10. The second-order valence-corrected chi connectivity index (χ2v) is 8.44. The summed E-state index contributed by atoms with van der Waals surface area (Å²) >= 11 is 1.28. The van der Waals surface area contributed by atoms with E-state index in [-0.39, 0.29) is 22.8 Å². The van der Waals surface area contributed by atoms with Crippen molar-refractivity contribution in [2.24, 2.45) is 0 Å². The van der Waals surface area contributed by atoms with Crippen LogP contribution in [-0.2, 0) is 9.59 Å². The van der Waals surface area contributed by atoms with Crippen LogP contribution in [0.3, 0.4) is 0 Å². The number of fused-ring (bicyclic) bond motifs is 1. The normalized spacial score (nSPS) is 17.6. The number of aromatic hydroxyl groups is 1. The molecule has 2 heterocycles. The van der Waals surface area contributed by atoms with Crippen LogP contribution in [-0.4, -0.2) is 34.0 Å². The van der Waals surface area contributed by atoms with Crippen LogP contribution >= 0.6 is 11.3 Å². The van der Waals surface area contributed by atoms with Crippen LogP contribution in [0.1, 0.15) is 17.2 Å². The topological polar surface area (TPSA) is 100.0 Å². The third kappa shape index (κ3) is 3.41. The van der Waals surface area contributed by atoms with Crippen LogP contribution in [0.15, 0.2) is 78.4 Å². The summed E-state index contributed by atoms with van der Waals surface area (Å²) in [6.07, 6.45) is 0. The molecule has 0 radical (unpaired) electrons. The summed E-state index contributed by atoms with van der Waals surface area (Å²) in [6.45, 7) is 0. The van der Waals surface area contributed by atoms with Gasteiger partial charge in [0.15, 0.2) is 16.6 Å². The Balaban J connectivity index is 1.76. The average molecular weight is 458 g/mol. The number of aliphatic hydroxyl groups is 1. The van der Waals surface area contributed by atoms with Crippen LogP contribution in [0.5, 0.6) is 11.5 Å². The Kier molecular flexibility index (Phi) is 5.07. The number of anilines is 1. The highest BCUT2D eigenvalue weighted by molar-refractivity contribution is 7.22. The molecular formula is C25H18N2O5S. The number of methoxy groups -OCH3 is 1. The van der Waals surface area contributed by atoms with Gasteiger partial charge in [0, 0.05) is 5.56 Å². The molecule has 1 aliphatic rings. The van der Waals surface area contributed by atoms with Gasteiger partial charge in [-0.15, -0.1) is 0 Å². The Bertz CT molecular complexity index is 1390. The number of para-hydroxylation sites is 1. The van der Waals surface area contributed by atoms with Crippen molar-refractivity contribution in [2.75, 3.05) is 12.0 Å². The molecule has 0 unspecified atom stereocenters. The van der Waals surface area contributed by atoms with Crippen molar-refractivity contribution >= 4 is 44.1 Å². The number of carbonyl (C=O) groups excluding carboxylic acids is 2. The molecule has 1 aromatic heterocycles. The van der Waals surface area contributed by atoms with Crippen LogP contribution in [0.4, 0.5) is 5.13 Å². The molecule has 33 heavy (non-hydrogen) atoms. The molecule has 0 bridgehead atoms. The number of aliphatic hydroxyl groups excluding tert-OH is 1. The number of Topliss-reactive ketones (excluding diaryl/α,β-unsaturated/α-hetero) is 1. The second kappa shape index (κ2) is 8.07. The Morgan fingerprint density at radius 1 is 1.03 bits per heavy atom. The van der Waals surface area contributed by atoms with E-state index in [2.05, 4.69) is 4.98 Å². The molecule has 7 nitrogen and oxygen atoms in total. The molecule has 0 spiro atoms. The maximum Gasteiger partial charge on any atom is 0.301 e. The van der Waals surface area contributed by atoms with E-state index >= 15 is 0 Å². The smallest absolute Gasteiger partial charge is 0.301 e. The van der Waals surface area contributed by atoms with Crippen molar-refractivity contribution in [3.05, 3.63) is 89.5 Å². The first-order valence-corrected chi connectivity index (χ1v) is 10.9. The lowest BCUT2D eigenvalue weighted by Crippen LogP contribution is -2.29. The maximum atomic E-state index is 13.3. The van der Waals surface area contributed by atoms with E-state index in [4.69, 9.17) is 4.74 Å². The van der Waals surface area contributed by atoms with Gasteiger partial charge in [-0.05, 0) is 29.8 Å². The Hall–Kier alpha value is -4.17. The molecule has 8 heteroatoms. The van der Waals surface area contributed by atoms with Gasteiger partial charge in [-0.1, -0.05) is 59.9 Å². The molecule has 1 atom stereocenters. The quantitative estimate of drug-likeness (QED) is 0.263. The number of hydrogen-bond acceptors (Lipinski definition) is 7. The van der Waals surface area contributed by atoms with E-state index < -0.39 is 17.7 Å². The molecule has 0 saturated carbocycles. The monoisotopic (exact) mass is 458 g/mol. The van der Waals surface area contributed by atoms with Crippen LogP contribution in [0.25, 0.3) is 16.0 Å². The maximum absolute atomic E-state index is 13.3. The number of carbonyl (C=O) groups is 2. The number of ketones is 1. The number of phenols is 1. The fraction of sp³-hybridized carbons (Fsp3) is 0.0800. The lowest BCUT2D eigenvalue weighted by molar-refractivity contribution is -0.132. The SMILES string of the molecule is COc1cc([C@@H]2C(=C(O)c3ccccc3)C(=O)C(=O)N2c2nc3ccccc3s2)ccc1O. The number of benzene rings is 3. The molecule has 4 aromatic rings. The summed E-state index contributed by atoms with van der Waals surface area (Å²) in [5.74, 6) is -1.78. The summed E-state index contributed by atoms with van der Waals surface area (Å²) in [4.78, 5) is 32.3. The van der Waals surface area contributed by atoms with Crippen molar-refractivity contribution in [3.8, 4) is 11.5 Å². The van der Waals surface area contributed by atoms with Gasteiger partial charge < -0.3 is 14.9 Å². The van der Waals surface area contributed by atoms with Gasteiger partial charge >= 0.3 is 5.91 Å². The van der Waals surface area contributed by atoms with Crippen molar-refractivity contribution < 1.29 is 24.5 Å². The van der Waals surface area contributed by atoms with Crippen LogP contribution in [0, 0.1) is 0 Å². The number of rotatable bonds is 4. The van der Waals surface area contributed by atoms with Gasteiger partial charge in [0.25, 0.3) is 5.78 Å². The van der Waals surface area contributed by atoms with E-state index in [1.807, 2.05) is 24.3 Å². The zero-order chi connectivity index (χ0) is 23.1. The average Bonchev–Trinajstić information content (AvgIpc) is 3.38. The molecular weight excluding hydrogens is 440 g/mol. The summed E-state index contributed by atoms with van der Waals surface area (Å²) in [7, 11) is 1.41. The molecule has 5 rings (SSSR count). The molecule has 1 saturated heterocycles. The van der Waals surface area contributed by atoms with Gasteiger partial charge in [0.2, 0.25) is 0 Å². The lowest BCUT2D eigenvalue weighted by Gasteiger charge is -2.23. The fourth-order valence-corrected chi connectivity index (χ4v) is 4.92. The number of nitrogens with zero attached hydrogens (tertiary/aromatic N) is 2. The predicted molar refractivity (Wildman–Crippen MR) is 126 cm³/mol. The number of hydrogen-bond donors (Lipinski definition) is 2. The number of amides is 1. The fourth-order valence-electron chi connectivity index (χ4n) is 3.92. The lowest BCUT2D eigenvalue weighted by atomic mass is 9.95. The molecule has 2 N–H and O–H groups in total. The molecule has 3 aromatic carbocycles. The number of phenolic OH excluding ortho intramolecular Hbond substituents is 1. The predicted octanol–water partition coefficient (Wildman–Crippen LogP) is 4.64. The van der Waals surface area contributed by atoms with E-state index in [0.717, 1.165) is 4.70 Å². The number of thiazole rings is 1. The first-order valence-electron chi connectivity index (χ1n) is 10.1. The van der Waals surface area contributed by atoms with E-state index in [0.29, 0.717) is 21.8 Å². The van der Waals surface area contributed by atoms with Crippen LogP contribution in [0.2, 0.25) is 0 Å². The molecule has 164 valence electrons. The summed E-state index contributed by atoms with van der Waals surface area (Å²) in [6, 6.07) is 19.6. The Morgan fingerprint density at radius 3 is 2.48 bits per heavy atom. The number of aromatic nitrogens is 1. The van der Waals surface area contributed by atoms with Gasteiger partial charge in [-0.25, -0.2) is 4.98 Å². The third-order valence-electron chi connectivity index (χ3n) is 5.50. The zero-order valence-corrected chi connectivity index (χ0v) is 18.2. The van der Waals surface area contributed by atoms with E-state index in [1.165, 1.54) is 29.4 Å². The highest BCUT2D eigenvalue weighted by Gasteiger charge is 2.48. The van der Waals surface area contributed by atoms with Crippen molar-refractivity contribution in [1.29, 1.82) is 0 Å². The first-order chi connectivity index (χ1) is 16.0. The standard InChI is InChI=1S/C25H18N2O5S/c1-32-18-13-15(11-12-17(18)28)21-20(22(29)14-7-3-2-4-8-14)23(30)24(31)27(21)25-26-16-9-5-6-10-19(16)33-25/h2-13,21,28-29H,1H3/t21-/m1/s1. The number of ether oxygens (including phenoxy) is 1. The minimum atomic E-state index is -0.958. The third-order valence-corrected chi connectivity index (χ3v) is 6.54. The second-order valence-electron chi connectivity index (χ2n) is 7.43. The highest BCUT2D eigenvalue weighted by atomic mass is 32.1.